The van der Waals surface area contributed by atoms with Crippen LogP contribution in [0.1, 0.15) is 21.6 Å². The molecule has 0 bridgehead atoms. The number of H-pyrrole nitrogens is 1. The summed E-state index contributed by atoms with van der Waals surface area (Å²) in [7, 11) is -3.33. The maximum absolute atomic E-state index is 12.3. The van der Waals surface area contributed by atoms with Crippen LogP contribution in [-0.4, -0.2) is 37.3 Å². The number of hydrogen-bond acceptors (Lipinski definition) is 5. The third-order valence-corrected chi connectivity index (χ3v) is 4.10. The Kier molecular flexibility index (Phi) is 4.05. The maximum atomic E-state index is 12.3. The fourth-order valence-corrected chi connectivity index (χ4v) is 2.99. The van der Waals surface area contributed by atoms with Crippen LogP contribution in [0.25, 0.3) is 0 Å². The lowest BCUT2D eigenvalue weighted by Gasteiger charge is -2.13. The van der Waals surface area contributed by atoms with Crippen molar-refractivity contribution < 1.29 is 13.2 Å². The standard InChI is InChI=1S/C14H17N5O3S/c1-23(21,22)19-10-4-2-9(3-5-10)14(20)16-13-11-6-7-15-8-12(11)17-18-13/h2-5,15,19H,6-8H2,1H3,(H2,16,17,18,20). The molecule has 0 spiro atoms. The second-order valence-electron chi connectivity index (χ2n) is 5.36. The van der Waals surface area contributed by atoms with E-state index in [1.165, 1.54) is 0 Å². The first kappa shape index (κ1) is 15.5. The monoisotopic (exact) mass is 335 g/mol. The molecule has 1 aromatic heterocycles. The number of hydrogen-bond donors (Lipinski definition) is 4. The highest BCUT2D eigenvalue weighted by Gasteiger charge is 2.18. The maximum Gasteiger partial charge on any atom is 0.256 e. The second kappa shape index (κ2) is 6.01. The first-order chi connectivity index (χ1) is 10.9. The summed E-state index contributed by atoms with van der Waals surface area (Å²) in [4.78, 5) is 12.3. The van der Waals surface area contributed by atoms with Crippen LogP contribution in [0.15, 0.2) is 24.3 Å². The lowest BCUT2D eigenvalue weighted by atomic mass is 10.1. The second-order valence-corrected chi connectivity index (χ2v) is 7.11. The molecule has 0 fully saturated rings. The van der Waals surface area contributed by atoms with Crippen LogP contribution >= 0.6 is 0 Å². The number of carbonyl (C=O) groups is 1. The van der Waals surface area contributed by atoms with Gasteiger partial charge in [-0.1, -0.05) is 0 Å². The van der Waals surface area contributed by atoms with E-state index < -0.39 is 10.0 Å². The highest BCUT2D eigenvalue weighted by molar-refractivity contribution is 7.92. The number of nitrogens with zero attached hydrogens (tertiary/aromatic N) is 1. The van der Waals surface area contributed by atoms with Crippen molar-refractivity contribution in [1.29, 1.82) is 0 Å². The van der Waals surface area contributed by atoms with Crippen LogP contribution in [-0.2, 0) is 23.0 Å². The third kappa shape index (κ3) is 3.69. The number of rotatable bonds is 4. The van der Waals surface area contributed by atoms with Gasteiger partial charge in [0.05, 0.1) is 11.9 Å². The van der Waals surface area contributed by atoms with Crippen molar-refractivity contribution in [2.24, 2.45) is 0 Å². The average molecular weight is 335 g/mol. The van der Waals surface area contributed by atoms with E-state index in [2.05, 4.69) is 25.6 Å². The normalized spacial score (nSPS) is 14.1. The van der Waals surface area contributed by atoms with E-state index in [1.54, 1.807) is 24.3 Å². The summed E-state index contributed by atoms with van der Waals surface area (Å²) in [5.41, 5.74) is 2.84. The number of sulfonamides is 1. The molecule has 3 rings (SSSR count). The van der Waals surface area contributed by atoms with Gasteiger partial charge in [-0.3, -0.25) is 14.6 Å². The number of benzene rings is 1. The molecule has 1 amide bonds. The van der Waals surface area contributed by atoms with E-state index in [4.69, 9.17) is 0 Å². The van der Waals surface area contributed by atoms with E-state index >= 15 is 0 Å². The first-order valence-corrected chi connectivity index (χ1v) is 8.97. The van der Waals surface area contributed by atoms with Crippen LogP contribution in [0.2, 0.25) is 0 Å². The number of anilines is 2. The predicted octanol–water partition coefficient (Wildman–Crippen LogP) is 0.679. The van der Waals surface area contributed by atoms with Crippen molar-refractivity contribution in [3.63, 3.8) is 0 Å². The number of nitrogens with one attached hydrogen (secondary N) is 4. The quantitative estimate of drug-likeness (QED) is 0.656. The molecular formula is C14H17N5O3S. The van der Waals surface area contributed by atoms with Crippen molar-refractivity contribution in [3.8, 4) is 0 Å². The zero-order chi connectivity index (χ0) is 16.4. The molecule has 4 N–H and O–H groups in total. The summed E-state index contributed by atoms with van der Waals surface area (Å²) < 4.78 is 24.7. The van der Waals surface area contributed by atoms with Crippen molar-refractivity contribution in [1.82, 2.24) is 15.5 Å². The van der Waals surface area contributed by atoms with Crippen LogP contribution in [0.5, 0.6) is 0 Å². The highest BCUT2D eigenvalue weighted by Crippen LogP contribution is 2.20. The minimum atomic E-state index is -3.33. The number of amides is 1. The summed E-state index contributed by atoms with van der Waals surface area (Å²) in [6.45, 7) is 1.56. The predicted molar refractivity (Wildman–Crippen MR) is 86.9 cm³/mol. The van der Waals surface area contributed by atoms with Crippen molar-refractivity contribution in [3.05, 3.63) is 41.1 Å². The molecule has 2 aromatic rings. The van der Waals surface area contributed by atoms with Gasteiger partial charge in [0.2, 0.25) is 10.0 Å². The van der Waals surface area contributed by atoms with Crippen LogP contribution < -0.4 is 15.4 Å². The van der Waals surface area contributed by atoms with Gasteiger partial charge in [-0.15, -0.1) is 0 Å². The number of aromatic nitrogens is 2. The first-order valence-electron chi connectivity index (χ1n) is 7.08. The Morgan fingerprint density at radius 3 is 2.70 bits per heavy atom. The van der Waals surface area contributed by atoms with Gasteiger partial charge in [-0.2, -0.15) is 5.10 Å². The van der Waals surface area contributed by atoms with Crippen molar-refractivity contribution in [2.45, 2.75) is 13.0 Å². The summed E-state index contributed by atoms with van der Waals surface area (Å²) in [5.74, 6) is 0.258. The highest BCUT2D eigenvalue weighted by atomic mass is 32.2. The topological polar surface area (TPSA) is 116 Å². The molecule has 0 radical (unpaired) electrons. The number of aromatic amines is 1. The average Bonchev–Trinajstić information content (AvgIpc) is 2.90. The van der Waals surface area contributed by atoms with Crippen LogP contribution in [0.3, 0.4) is 0 Å². The minimum absolute atomic E-state index is 0.288. The molecule has 1 aliphatic heterocycles. The molecule has 0 aliphatic carbocycles. The molecule has 1 aliphatic rings. The SMILES string of the molecule is CS(=O)(=O)Nc1ccc(C(=O)Nc2n[nH]c3c2CCNC3)cc1. The van der Waals surface area contributed by atoms with E-state index in [9.17, 15) is 13.2 Å². The van der Waals surface area contributed by atoms with Gasteiger partial charge >= 0.3 is 0 Å². The molecule has 2 heterocycles. The lowest BCUT2D eigenvalue weighted by Crippen LogP contribution is -2.24. The molecule has 1 aromatic carbocycles. The van der Waals surface area contributed by atoms with Gasteiger partial charge in [0.1, 0.15) is 0 Å². The zero-order valence-corrected chi connectivity index (χ0v) is 13.3. The van der Waals surface area contributed by atoms with Crippen LogP contribution in [0.4, 0.5) is 11.5 Å². The zero-order valence-electron chi connectivity index (χ0n) is 12.5. The van der Waals surface area contributed by atoms with E-state index in [0.29, 0.717) is 23.6 Å². The number of fused-ring (bicyclic) bond motifs is 1. The van der Waals surface area contributed by atoms with Gasteiger partial charge in [0, 0.05) is 23.4 Å². The summed E-state index contributed by atoms with van der Waals surface area (Å²) in [6, 6.07) is 6.20. The van der Waals surface area contributed by atoms with Gasteiger partial charge < -0.3 is 10.6 Å². The summed E-state index contributed by atoms with van der Waals surface area (Å²) in [6.07, 6.45) is 1.88. The van der Waals surface area contributed by atoms with E-state index in [1.807, 2.05) is 0 Å². The fourth-order valence-electron chi connectivity index (χ4n) is 2.43. The Labute approximate surface area is 133 Å². The van der Waals surface area contributed by atoms with Crippen molar-refractivity contribution in [2.75, 3.05) is 22.8 Å². The largest absolute Gasteiger partial charge is 0.311 e. The molecule has 0 unspecified atom stereocenters. The van der Waals surface area contributed by atoms with Crippen molar-refractivity contribution >= 4 is 27.4 Å². The molecule has 0 saturated carbocycles. The summed E-state index contributed by atoms with van der Waals surface area (Å²) >= 11 is 0. The Balaban J connectivity index is 1.72. The van der Waals surface area contributed by atoms with Gasteiger partial charge in [-0.05, 0) is 37.2 Å². The Bertz CT molecular complexity index is 827. The van der Waals surface area contributed by atoms with Crippen LogP contribution in [0, 0.1) is 0 Å². The van der Waals surface area contributed by atoms with Gasteiger partial charge in [-0.25, -0.2) is 8.42 Å². The molecule has 23 heavy (non-hydrogen) atoms. The van der Waals surface area contributed by atoms with Gasteiger partial charge in [0.15, 0.2) is 5.82 Å². The molecule has 0 atom stereocenters. The Morgan fingerprint density at radius 1 is 1.26 bits per heavy atom. The van der Waals surface area contributed by atoms with E-state index in [0.717, 1.165) is 30.5 Å². The lowest BCUT2D eigenvalue weighted by molar-refractivity contribution is 0.102. The number of carbonyl (C=O) groups excluding carboxylic acids is 1. The molecule has 9 heteroatoms. The molecule has 8 nitrogen and oxygen atoms in total. The molecule has 0 saturated heterocycles. The molecule has 122 valence electrons. The Hall–Kier alpha value is -2.39. The summed E-state index contributed by atoms with van der Waals surface area (Å²) in [5, 5.41) is 13.1. The minimum Gasteiger partial charge on any atom is -0.311 e. The smallest absolute Gasteiger partial charge is 0.256 e. The fraction of sp³-hybridized carbons (Fsp3) is 0.286. The van der Waals surface area contributed by atoms with E-state index in [-0.39, 0.29) is 5.91 Å². The molecular weight excluding hydrogens is 318 g/mol. The Morgan fingerprint density at radius 2 is 2.00 bits per heavy atom. The third-order valence-electron chi connectivity index (χ3n) is 3.49. The van der Waals surface area contributed by atoms with Gasteiger partial charge in [0.25, 0.3) is 5.91 Å².